The minimum absolute atomic E-state index is 0.00454. The van der Waals surface area contributed by atoms with Crippen LogP contribution in [0.3, 0.4) is 0 Å². The predicted octanol–water partition coefficient (Wildman–Crippen LogP) is 6.91. The number of carbonyl (C=O) groups is 2. The summed E-state index contributed by atoms with van der Waals surface area (Å²) in [5, 5.41) is 19.5. The predicted molar refractivity (Wildman–Crippen MR) is 140 cm³/mol. The monoisotopic (exact) mass is 568 g/mol. The van der Waals surface area contributed by atoms with Gasteiger partial charge in [0.1, 0.15) is 35.8 Å². The number of aromatic hydroxyl groups is 2. The maximum absolute atomic E-state index is 11.8. The first-order valence-electron chi connectivity index (χ1n) is 10.7. The number of carbonyl (C=O) groups excluding carboxylic acids is 2. The average Bonchev–Trinajstić information content (AvgIpc) is 2.89. The maximum atomic E-state index is 11.8. The Kier molecular flexibility index (Phi) is 9.92. The minimum atomic E-state index is -0.637. The number of ether oxygens (including phenoxy) is 2. The molecule has 0 bridgehead atoms. The molecule has 8 heteroatoms. The van der Waals surface area contributed by atoms with E-state index in [0.29, 0.717) is 4.47 Å². The van der Waals surface area contributed by atoms with Gasteiger partial charge in [-0.1, -0.05) is 84.4 Å². The van der Waals surface area contributed by atoms with E-state index in [0.717, 1.165) is 11.1 Å². The topological polar surface area (TPSA) is 93.1 Å². The summed E-state index contributed by atoms with van der Waals surface area (Å²) >= 11 is 9.00. The summed E-state index contributed by atoms with van der Waals surface area (Å²) in [4.78, 5) is 23.6. The van der Waals surface area contributed by atoms with Crippen molar-refractivity contribution in [2.45, 2.75) is 13.2 Å². The molecule has 36 heavy (non-hydrogen) atoms. The molecule has 0 heterocycles. The summed E-state index contributed by atoms with van der Waals surface area (Å²) in [7, 11) is 0. The molecule has 0 aliphatic carbocycles. The quantitative estimate of drug-likeness (QED) is 0.245. The van der Waals surface area contributed by atoms with Crippen molar-refractivity contribution in [1.82, 2.24) is 0 Å². The normalized spacial score (nSPS) is 10.1. The summed E-state index contributed by atoms with van der Waals surface area (Å²) in [6.07, 6.45) is 0. The average molecular weight is 570 g/mol. The van der Waals surface area contributed by atoms with Gasteiger partial charge in [0.2, 0.25) is 0 Å². The number of esters is 2. The third kappa shape index (κ3) is 7.60. The number of para-hydroxylation sites is 1. The number of halogens is 2. The number of rotatable bonds is 6. The highest BCUT2D eigenvalue weighted by molar-refractivity contribution is 9.10. The van der Waals surface area contributed by atoms with Crippen LogP contribution in [0.15, 0.2) is 102 Å². The van der Waals surface area contributed by atoms with Crippen LogP contribution in [0.1, 0.15) is 31.8 Å². The maximum Gasteiger partial charge on any atom is 0.343 e. The third-order valence-corrected chi connectivity index (χ3v) is 5.78. The highest BCUT2D eigenvalue weighted by Gasteiger charge is 2.17. The molecule has 0 aliphatic heterocycles. The lowest BCUT2D eigenvalue weighted by molar-refractivity contribution is 0.0460. The molecule has 0 radical (unpaired) electrons. The molecule has 0 aliphatic rings. The van der Waals surface area contributed by atoms with Crippen molar-refractivity contribution in [3.8, 4) is 11.5 Å². The van der Waals surface area contributed by atoms with Crippen LogP contribution >= 0.6 is 27.5 Å². The van der Waals surface area contributed by atoms with E-state index in [4.69, 9.17) is 21.1 Å². The van der Waals surface area contributed by atoms with Crippen LogP contribution in [0.25, 0.3) is 0 Å². The number of phenolic OH excluding ortho intramolecular Hbond substituents is 2. The van der Waals surface area contributed by atoms with Crippen LogP contribution in [0.2, 0.25) is 5.02 Å². The molecule has 4 rings (SSSR count). The van der Waals surface area contributed by atoms with Crippen LogP contribution in [0, 0.1) is 0 Å². The molecular formula is C28H22BrClO6. The lowest BCUT2D eigenvalue weighted by Gasteiger charge is -2.07. The lowest BCUT2D eigenvalue weighted by atomic mass is 10.2. The number of benzene rings is 4. The molecule has 0 spiro atoms. The first kappa shape index (κ1) is 26.8. The van der Waals surface area contributed by atoms with Gasteiger partial charge >= 0.3 is 11.9 Å². The van der Waals surface area contributed by atoms with Gasteiger partial charge in [-0.25, -0.2) is 9.59 Å². The van der Waals surface area contributed by atoms with Crippen molar-refractivity contribution in [3.63, 3.8) is 0 Å². The van der Waals surface area contributed by atoms with Crippen LogP contribution in [-0.2, 0) is 22.7 Å². The van der Waals surface area contributed by atoms with Gasteiger partial charge in [0.15, 0.2) is 0 Å². The zero-order valence-corrected chi connectivity index (χ0v) is 21.3. The Labute approximate surface area is 221 Å². The van der Waals surface area contributed by atoms with Crippen molar-refractivity contribution in [2.75, 3.05) is 0 Å². The van der Waals surface area contributed by atoms with Crippen LogP contribution < -0.4 is 0 Å². The Hall–Kier alpha value is -3.81. The SMILES string of the molecule is O=C(OCc1ccccc1)c1c(O)cccc1Cl.O=C(OCc1ccccc1)c1cccc(Br)c1O. The van der Waals surface area contributed by atoms with Gasteiger partial charge in [-0.15, -0.1) is 0 Å². The Bertz CT molecular complexity index is 1290. The van der Waals surface area contributed by atoms with Crippen molar-refractivity contribution in [2.24, 2.45) is 0 Å². The van der Waals surface area contributed by atoms with Gasteiger partial charge in [-0.2, -0.15) is 0 Å². The molecule has 0 saturated carbocycles. The van der Waals surface area contributed by atoms with E-state index in [-0.39, 0.29) is 40.9 Å². The fourth-order valence-corrected chi connectivity index (χ4v) is 3.60. The number of hydrogen-bond donors (Lipinski definition) is 2. The van der Waals surface area contributed by atoms with E-state index in [1.165, 1.54) is 18.2 Å². The van der Waals surface area contributed by atoms with Crippen molar-refractivity contribution >= 4 is 39.5 Å². The Morgan fingerprint density at radius 1 is 0.694 bits per heavy atom. The van der Waals surface area contributed by atoms with Crippen LogP contribution in [0.4, 0.5) is 0 Å². The smallest absolute Gasteiger partial charge is 0.343 e. The van der Waals surface area contributed by atoms with Gasteiger partial charge in [0.05, 0.1) is 9.50 Å². The van der Waals surface area contributed by atoms with Crippen LogP contribution in [0.5, 0.6) is 11.5 Å². The van der Waals surface area contributed by atoms with Gasteiger partial charge in [-0.05, 0) is 51.3 Å². The minimum Gasteiger partial charge on any atom is -0.507 e. The molecule has 0 unspecified atom stereocenters. The molecule has 0 fully saturated rings. The van der Waals surface area contributed by atoms with E-state index >= 15 is 0 Å². The molecule has 2 N–H and O–H groups in total. The van der Waals surface area contributed by atoms with E-state index in [1.54, 1.807) is 18.2 Å². The highest BCUT2D eigenvalue weighted by atomic mass is 79.9. The Morgan fingerprint density at radius 2 is 1.22 bits per heavy atom. The van der Waals surface area contributed by atoms with E-state index < -0.39 is 11.9 Å². The molecule has 184 valence electrons. The second-order valence-corrected chi connectivity index (χ2v) is 8.65. The summed E-state index contributed by atoms with van der Waals surface area (Å²) < 4.78 is 10.7. The standard InChI is InChI=1S/C14H11BrO3.C14H11ClO3/c15-12-8-4-7-11(13(12)16)14(17)18-9-10-5-2-1-3-6-10;15-11-7-4-8-12(16)13(11)14(17)18-9-10-5-2-1-3-6-10/h2*1-8,16H,9H2. The molecular weight excluding hydrogens is 548 g/mol. The second-order valence-electron chi connectivity index (χ2n) is 7.39. The first-order valence-corrected chi connectivity index (χ1v) is 11.9. The number of phenols is 2. The zero-order valence-electron chi connectivity index (χ0n) is 18.9. The van der Waals surface area contributed by atoms with E-state index in [9.17, 15) is 19.8 Å². The molecule has 0 aromatic heterocycles. The molecule has 0 amide bonds. The van der Waals surface area contributed by atoms with Crippen molar-refractivity contribution in [3.05, 3.63) is 129 Å². The molecule has 4 aromatic rings. The van der Waals surface area contributed by atoms with Gasteiger partial charge in [0.25, 0.3) is 0 Å². The molecule has 6 nitrogen and oxygen atoms in total. The largest absolute Gasteiger partial charge is 0.507 e. The fraction of sp³-hybridized carbons (Fsp3) is 0.0714. The summed E-state index contributed by atoms with van der Waals surface area (Å²) in [6, 6.07) is 28.0. The van der Waals surface area contributed by atoms with Gasteiger partial charge in [-0.3, -0.25) is 0 Å². The number of hydrogen-bond acceptors (Lipinski definition) is 6. The first-order chi connectivity index (χ1) is 17.4. The van der Waals surface area contributed by atoms with Gasteiger partial charge < -0.3 is 19.7 Å². The molecule has 0 saturated heterocycles. The van der Waals surface area contributed by atoms with Crippen LogP contribution in [-0.4, -0.2) is 22.2 Å². The van der Waals surface area contributed by atoms with E-state index in [1.807, 2.05) is 60.7 Å². The summed E-state index contributed by atoms with van der Waals surface area (Å²) in [6.45, 7) is 0.329. The Morgan fingerprint density at radius 3 is 1.78 bits per heavy atom. The third-order valence-electron chi connectivity index (χ3n) is 4.83. The van der Waals surface area contributed by atoms with Gasteiger partial charge in [0, 0.05) is 0 Å². The fourth-order valence-electron chi connectivity index (χ4n) is 2.99. The summed E-state index contributed by atoms with van der Waals surface area (Å²) in [5.41, 5.74) is 1.92. The zero-order chi connectivity index (χ0) is 25.9. The summed E-state index contributed by atoms with van der Waals surface area (Å²) in [5.74, 6) is -1.46. The lowest BCUT2D eigenvalue weighted by Crippen LogP contribution is -2.06. The highest BCUT2D eigenvalue weighted by Crippen LogP contribution is 2.28. The van der Waals surface area contributed by atoms with Crippen molar-refractivity contribution < 1.29 is 29.3 Å². The van der Waals surface area contributed by atoms with Crippen molar-refractivity contribution in [1.29, 1.82) is 0 Å². The molecule has 0 atom stereocenters. The molecule has 4 aromatic carbocycles. The van der Waals surface area contributed by atoms with E-state index in [2.05, 4.69) is 15.9 Å². The second kappa shape index (κ2) is 13.3. The Balaban J connectivity index is 0.000000201.